The van der Waals surface area contributed by atoms with Crippen molar-refractivity contribution in [2.45, 2.75) is 12.5 Å². The lowest BCUT2D eigenvalue weighted by Crippen LogP contribution is -2.53. The Labute approximate surface area is 177 Å². The molecule has 158 valence electrons. The van der Waals surface area contributed by atoms with Crippen LogP contribution >= 0.6 is 11.6 Å². The van der Waals surface area contributed by atoms with Crippen LogP contribution in [0, 0.1) is 0 Å². The van der Waals surface area contributed by atoms with Gasteiger partial charge in [-0.25, -0.2) is 9.38 Å². The van der Waals surface area contributed by atoms with Crippen molar-refractivity contribution in [2.75, 3.05) is 71.5 Å². The van der Waals surface area contributed by atoms with E-state index < -0.39 is 0 Å². The monoisotopic (exact) mass is 421 g/mol. The molecule has 2 fully saturated rings. The largest absolute Gasteiger partial charge is 0.378 e. The maximum atomic E-state index is 15.6. The van der Waals surface area contributed by atoms with E-state index in [-0.39, 0.29) is 11.9 Å². The number of hydrogen-bond donors (Lipinski definition) is 0. The van der Waals surface area contributed by atoms with Crippen LogP contribution in [0.3, 0.4) is 0 Å². The van der Waals surface area contributed by atoms with Crippen LogP contribution in [-0.2, 0) is 4.74 Å². The first-order valence-corrected chi connectivity index (χ1v) is 10.6. The summed E-state index contributed by atoms with van der Waals surface area (Å²) >= 11 is 6.01. The van der Waals surface area contributed by atoms with Gasteiger partial charge in [0.15, 0.2) is 11.6 Å². The number of amidine groups is 1. The molecule has 0 amide bonds. The van der Waals surface area contributed by atoms with Gasteiger partial charge in [-0.15, -0.1) is 0 Å². The lowest BCUT2D eigenvalue weighted by molar-refractivity contribution is 0.0497. The van der Waals surface area contributed by atoms with E-state index in [1.807, 2.05) is 48.2 Å². The molecule has 0 saturated carbocycles. The van der Waals surface area contributed by atoms with Gasteiger partial charge in [0.2, 0.25) is 0 Å². The molecule has 2 saturated heterocycles. The minimum absolute atomic E-state index is 0.0996. The Morgan fingerprint density at radius 3 is 2.28 bits per heavy atom. The molecule has 29 heavy (non-hydrogen) atoms. The van der Waals surface area contributed by atoms with Crippen LogP contribution < -0.4 is 4.90 Å². The van der Waals surface area contributed by atoms with Gasteiger partial charge in [-0.05, 0) is 24.3 Å². The third-order valence-corrected chi connectivity index (χ3v) is 6.14. The molecule has 1 atom stereocenters. The third-order valence-electron chi connectivity index (χ3n) is 5.89. The lowest BCUT2D eigenvalue weighted by atomic mass is 10.0. The predicted octanol–water partition coefficient (Wildman–Crippen LogP) is 2.67. The summed E-state index contributed by atoms with van der Waals surface area (Å²) in [5.74, 6) is 1.32. The number of piperazine rings is 1. The van der Waals surface area contributed by atoms with E-state index in [9.17, 15) is 0 Å². The van der Waals surface area contributed by atoms with Crippen LogP contribution in [-0.4, -0.2) is 93.2 Å². The van der Waals surface area contributed by atoms with Crippen LogP contribution in [0.15, 0.2) is 40.9 Å². The Morgan fingerprint density at radius 1 is 1.00 bits per heavy atom. The highest BCUT2D eigenvalue weighted by Gasteiger charge is 2.35. The Hall–Kier alpha value is -1.83. The van der Waals surface area contributed by atoms with Crippen LogP contribution in [0.25, 0.3) is 0 Å². The molecule has 0 aromatic heterocycles. The Morgan fingerprint density at radius 2 is 1.66 bits per heavy atom. The molecule has 0 N–H and O–H groups in total. The summed E-state index contributed by atoms with van der Waals surface area (Å²) in [7, 11) is 3.96. The SMILES string of the molecule is CN(C)C1=NC(N2CCOCC2)=C(F)C(N2CCN(c3ccc(Cl)cc3)CC2)C1. The zero-order valence-electron chi connectivity index (χ0n) is 17.2. The minimum Gasteiger partial charge on any atom is -0.378 e. The highest BCUT2D eigenvalue weighted by atomic mass is 35.5. The van der Waals surface area contributed by atoms with Gasteiger partial charge in [0, 0.05) is 70.5 Å². The lowest BCUT2D eigenvalue weighted by Gasteiger charge is -2.42. The first-order valence-electron chi connectivity index (χ1n) is 10.2. The molecule has 3 aliphatic heterocycles. The number of morpholine rings is 1. The van der Waals surface area contributed by atoms with Gasteiger partial charge in [0.05, 0.1) is 19.3 Å². The fourth-order valence-electron chi connectivity index (χ4n) is 4.15. The standard InChI is InChI=1S/C21H29ClFN5O/c1-25(2)19-15-18(20(23)21(24-19)28-11-13-29-14-12-28)27-9-7-26(8-10-27)17-5-3-16(22)4-6-17/h3-6,18H,7-15H2,1-2H3. The van der Waals surface area contributed by atoms with Gasteiger partial charge in [-0.2, -0.15) is 0 Å². The average molecular weight is 422 g/mol. The fraction of sp³-hybridized carbons (Fsp3) is 0.571. The zero-order valence-corrected chi connectivity index (χ0v) is 17.9. The van der Waals surface area contributed by atoms with Gasteiger partial charge in [0.25, 0.3) is 0 Å². The molecule has 8 heteroatoms. The smallest absolute Gasteiger partial charge is 0.164 e. The molecule has 3 heterocycles. The minimum atomic E-state index is -0.255. The van der Waals surface area contributed by atoms with Crippen molar-refractivity contribution in [3.8, 4) is 0 Å². The number of rotatable bonds is 3. The molecule has 1 aromatic rings. The second kappa shape index (κ2) is 8.90. The van der Waals surface area contributed by atoms with Crippen LogP contribution in [0.5, 0.6) is 0 Å². The van der Waals surface area contributed by atoms with E-state index in [2.05, 4.69) is 14.8 Å². The van der Waals surface area contributed by atoms with Gasteiger partial charge < -0.3 is 19.4 Å². The summed E-state index contributed by atoms with van der Waals surface area (Å²) in [6, 6.07) is 7.68. The molecule has 0 spiro atoms. The summed E-state index contributed by atoms with van der Waals surface area (Å²) in [4.78, 5) is 13.3. The summed E-state index contributed by atoms with van der Waals surface area (Å²) < 4.78 is 21.0. The molecular weight excluding hydrogens is 393 g/mol. The number of aliphatic imine (C=N–C) groups is 1. The maximum Gasteiger partial charge on any atom is 0.164 e. The van der Waals surface area contributed by atoms with E-state index in [1.165, 1.54) is 5.69 Å². The average Bonchev–Trinajstić information content (AvgIpc) is 2.75. The number of halogens is 2. The molecule has 3 aliphatic rings. The van der Waals surface area contributed by atoms with Crippen molar-refractivity contribution >= 4 is 23.1 Å². The van der Waals surface area contributed by atoms with Crippen LogP contribution in [0.1, 0.15) is 6.42 Å². The molecular formula is C21H29ClFN5O. The van der Waals surface area contributed by atoms with Crippen molar-refractivity contribution in [3.05, 3.63) is 40.9 Å². The first-order chi connectivity index (χ1) is 14.0. The van der Waals surface area contributed by atoms with Crippen LogP contribution in [0.4, 0.5) is 10.1 Å². The second-order valence-corrected chi connectivity index (χ2v) is 8.35. The van der Waals surface area contributed by atoms with Gasteiger partial charge >= 0.3 is 0 Å². The van der Waals surface area contributed by atoms with Gasteiger partial charge in [0.1, 0.15) is 5.84 Å². The first kappa shape index (κ1) is 20.4. The van der Waals surface area contributed by atoms with E-state index in [1.54, 1.807) is 0 Å². The number of benzene rings is 1. The second-order valence-electron chi connectivity index (χ2n) is 7.91. The van der Waals surface area contributed by atoms with Crippen molar-refractivity contribution in [2.24, 2.45) is 4.99 Å². The molecule has 0 radical (unpaired) electrons. The van der Waals surface area contributed by atoms with Crippen molar-refractivity contribution in [3.63, 3.8) is 0 Å². The zero-order chi connectivity index (χ0) is 20.4. The van der Waals surface area contributed by atoms with Gasteiger partial charge in [-0.3, -0.25) is 4.90 Å². The Kier molecular flexibility index (Phi) is 6.27. The summed E-state index contributed by atoms with van der Waals surface area (Å²) in [6.07, 6.45) is 0.605. The quantitative estimate of drug-likeness (QED) is 0.749. The molecule has 6 nitrogen and oxygen atoms in total. The van der Waals surface area contributed by atoms with Crippen molar-refractivity contribution < 1.29 is 9.13 Å². The number of ether oxygens (including phenoxy) is 1. The fourth-order valence-corrected chi connectivity index (χ4v) is 4.27. The summed E-state index contributed by atoms with van der Waals surface area (Å²) in [5, 5.41) is 0.743. The van der Waals surface area contributed by atoms with Crippen LogP contribution in [0.2, 0.25) is 5.02 Å². The van der Waals surface area contributed by atoms with Crippen molar-refractivity contribution in [1.29, 1.82) is 0 Å². The molecule has 4 rings (SSSR count). The highest BCUT2D eigenvalue weighted by Crippen LogP contribution is 2.30. The molecule has 1 aromatic carbocycles. The molecule has 0 aliphatic carbocycles. The molecule has 1 unspecified atom stereocenters. The van der Waals surface area contributed by atoms with Gasteiger partial charge in [-0.1, -0.05) is 11.6 Å². The summed E-state index contributed by atoms with van der Waals surface area (Å²) in [5.41, 5.74) is 1.17. The topological polar surface area (TPSA) is 34.6 Å². The summed E-state index contributed by atoms with van der Waals surface area (Å²) in [6.45, 7) is 5.98. The Balaban J connectivity index is 1.49. The van der Waals surface area contributed by atoms with E-state index >= 15 is 4.39 Å². The molecule has 0 bridgehead atoms. The Bertz CT molecular complexity index is 768. The van der Waals surface area contributed by atoms with E-state index in [0.29, 0.717) is 38.5 Å². The van der Waals surface area contributed by atoms with E-state index in [4.69, 9.17) is 16.3 Å². The van der Waals surface area contributed by atoms with E-state index in [0.717, 1.165) is 37.0 Å². The van der Waals surface area contributed by atoms with Crippen molar-refractivity contribution in [1.82, 2.24) is 14.7 Å². The predicted molar refractivity (Wildman–Crippen MR) is 115 cm³/mol. The third kappa shape index (κ3) is 4.52. The highest BCUT2D eigenvalue weighted by molar-refractivity contribution is 6.30. The maximum absolute atomic E-state index is 15.6. The number of anilines is 1. The number of hydrogen-bond acceptors (Lipinski definition) is 6. The normalized spacial score (nSPS) is 24.0. The number of nitrogens with zero attached hydrogens (tertiary/aromatic N) is 5.